The molecule has 0 spiro atoms. The highest BCUT2D eigenvalue weighted by Gasteiger charge is 2.30. The molecule has 1 unspecified atom stereocenters. The number of carbonyl (C=O) groups is 1. The lowest BCUT2D eigenvalue weighted by Crippen LogP contribution is -2.39. The molecule has 1 atom stereocenters. The zero-order valence-corrected chi connectivity index (χ0v) is 19.3. The van der Waals surface area contributed by atoms with Gasteiger partial charge in [0.2, 0.25) is 5.91 Å². The molecule has 6 heteroatoms. The van der Waals surface area contributed by atoms with Crippen LogP contribution in [0.4, 0.5) is 15.8 Å². The Morgan fingerprint density at radius 2 is 1.69 bits per heavy atom. The van der Waals surface area contributed by atoms with Crippen molar-refractivity contribution in [2.75, 3.05) is 50.5 Å². The third-order valence-electron chi connectivity index (χ3n) is 6.70. The van der Waals surface area contributed by atoms with Crippen LogP contribution in [0.1, 0.15) is 31.2 Å². The Labute approximate surface area is 191 Å². The summed E-state index contributed by atoms with van der Waals surface area (Å²) in [6.07, 6.45) is 4.31. The summed E-state index contributed by atoms with van der Waals surface area (Å²) in [6.45, 7) is 4.90. The van der Waals surface area contributed by atoms with E-state index in [0.717, 1.165) is 56.2 Å². The highest BCUT2D eigenvalue weighted by atomic mass is 19.1. The lowest BCUT2D eigenvalue weighted by atomic mass is 9.96. The van der Waals surface area contributed by atoms with E-state index in [4.69, 9.17) is 0 Å². The number of amides is 1. The van der Waals surface area contributed by atoms with E-state index in [2.05, 4.69) is 46.2 Å². The maximum Gasteiger partial charge on any atom is 0.241 e. The van der Waals surface area contributed by atoms with E-state index in [1.54, 1.807) is 12.1 Å². The molecule has 1 amide bonds. The predicted molar refractivity (Wildman–Crippen MR) is 128 cm³/mol. The Balaban J connectivity index is 1.30. The van der Waals surface area contributed by atoms with Gasteiger partial charge in [-0.05, 0) is 94.2 Å². The van der Waals surface area contributed by atoms with Crippen LogP contribution >= 0.6 is 0 Å². The average molecular weight is 439 g/mol. The van der Waals surface area contributed by atoms with Crippen molar-refractivity contribution in [1.82, 2.24) is 9.80 Å². The lowest BCUT2D eigenvalue weighted by molar-refractivity contribution is -0.120. The fourth-order valence-electron chi connectivity index (χ4n) is 5.01. The average Bonchev–Trinajstić information content (AvgIpc) is 3.24. The smallest absolute Gasteiger partial charge is 0.241 e. The van der Waals surface area contributed by atoms with E-state index in [1.807, 2.05) is 12.1 Å². The third kappa shape index (κ3) is 5.87. The number of hydrogen-bond donors (Lipinski definition) is 1. The number of carbonyl (C=O) groups excluding carboxylic acids is 1. The summed E-state index contributed by atoms with van der Waals surface area (Å²) >= 11 is 0. The molecular formula is C26H35FN4O. The van der Waals surface area contributed by atoms with Crippen molar-refractivity contribution >= 4 is 17.3 Å². The maximum absolute atomic E-state index is 13.2. The van der Waals surface area contributed by atoms with Gasteiger partial charge in [-0.15, -0.1) is 0 Å². The standard InChI is InChI=1S/C26H35FN4O/c1-29(2)18-21-13-16-30(17-14-21)24-11-9-23(10-12-24)28-26(32)25-4-3-15-31(25)19-20-5-7-22(27)8-6-20/h5-12,21,25H,3-4,13-19H2,1-2H3,(H,28,32). The second-order valence-electron chi connectivity index (χ2n) is 9.48. The summed E-state index contributed by atoms with van der Waals surface area (Å²) in [5, 5.41) is 3.10. The summed E-state index contributed by atoms with van der Waals surface area (Å²) in [7, 11) is 4.29. The van der Waals surface area contributed by atoms with Crippen LogP contribution in [0.2, 0.25) is 0 Å². The monoisotopic (exact) mass is 438 g/mol. The summed E-state index contributed by atoms with van der Waals surface area (Å²) < 4.78 is 13.2. The molecule has 32 heavy (non-hydrogen) atoms. The van der Waals surface area contributed by atoms with Gasteiger partial charge in [-0.1, -0.05) is 12.1 Å². The predicted octanol–water partition coefficient (Wildman–Crippen LogP) is 4.21. The van der Waals surface area contributed by atoms with Crippen molar-refractivity contribution in [1.29, 1.82) is 0 Å². The quantitative estimate of drug-likeness (QED) is 0.703. The van der Waals surface area contributed by atoms with Gasteiger partial charge in [0, 0.05) is 37.6 Å². The molecule has 2 saturated heterocycles. The first-order valence-electron chi connectivity index (χ1n) is 11.8. The van der Waals surface area contributed by atoms with Crippen LogP contribution in [0.15, 0.2) is 48.5 Å². The van der Waals surface area contributed by atoms with Crippen LogP contribution in [0.3, 0.4) is 0 Å². The Morgan fingerprint density at radius 3 is 2.34 bits per heavy atom. The highest BCUT2D eigenvalue weighted by Crippen LogP contribution is 2.26. The molecule has 0 aromatic heterocycles. The van der Waals surface area contributed by atoms with Crippen molar-refractivity contribution in [2.45, 2.75) is 38.3 Å². The van der Waals surface area contributed by atoms with Gasteiger partial charge in [0.05, 0.1) is 6.04 Å². The second-order valence-corrected chi connectivity index (χ2v) is 9.48. The number of nitrogens with zero attached hydrogens (tertiary/aromatic N) is 3. The number of rotatable bonds is 7. The van der Waals surface area contributed by atoms with Gasteiger partial charge in [0.1, 0.15) is 5.82 Å². The minimum absolute atomic E-state index is 0.0434. The zero-order chi connectivity index (χ0) is 22.5. The van der Waals surface area contributed by atoms with Gasteiger partial charge in [-0.25, -0.2) is 4.39 Å². The molecule has 2 aromatic carbocycles. The lowest BCUT2D eigenvalue weighted by Gasteiger charge is -2.34. The Bertz CT molecular complexity index is 876. The first kappa shape index (κ1) is 22.7. The molecule has 4 rings (SSSR count). The molecule has 2 heterocycles. The van der Waals surface area contributed by atoms with Gasteiger partial charge in [-0.2, -0.15) is 0 Å². The molecule has 0 bridgehead atoms. The first-order valence-corrected chi connectivity index (χ1v) is 11.8. The summed E-state index contributed by atoms with van der Waals surface area (Å²) in [4.78, 5) is 19.9. The van der Waals surface area contributed by atoms with E-state index in [1.165, 1.54) is 30.7 Å². The van der Waals surface area contributed by atoms with Crippen LogP contribution < -0.4 is 10.2 Å². The van der Waals surface area contributed by atoms with Crippen LogP contribution in [-0.2, 0) is 11.3 Å². The van der Waals surface area contributed by atoms with Crippen molar-refractivity contribution in [2.24, 2.45) is 5.92 Å². The van der Waals surface area contributed by atoms with Crippen molar-refractivity contribution in [3.05, 3.63) is 59.9 Å². The van der Waals surface area contributed by atoms with E-state index in [0.29, 0.717) is 6.54 Å². The normalized spacial score (nSPS) is 20.1. The number of halogens is 1. The van der Waals surface area contributed by atoms with Gasteiger partial charge in [0.15, 0.2) is 0 Å². The molecule has 0 radical (unpaired) electrons. The third-order valence-corrected chi connectivity index (χ3v) is 6.70. The Hall–Kier alpha value is -2.44. The van der Waals surface area contributed by atoms with Gasteiger partial charge >= 0.3 is 0 Å². The van der Waals surface area contributed by atoms with E-state index in [9.17, 15) is 9.18 Å². The minimum atomic E-state index is -0.231. The number of anilines is 2. The molecule has 0 saturated carbocycles. The van der Waals surface area contributed by atoms with E-state index in [-0.39, 0.29) is 17.8 Å². The van der Waals surface area contributed by atoms with Crippen molar-refractivity contribution in [3.8, 4) is 0 Å². The number of benzene rings is 2. The number of likely N-dealkylation sites (tertiary alicyclic amines) is 1. The van der Waals surface area contributed by atoms with Crippen LogP contribution in [0.25, 0.3) is 0 Å². The highest BCUT2D eigenvalue weighted by molar-refractivity contribution is 5.95. The maximum atomic E-state index is 13.2. The van der Waals surface area contributed by atoms with Crippen LogP contribution in [0.5, 0.6) is 0 Å². The summed E-state index contributed by atoms with van der Waals surface area (Å²) in [5.41, 5.74) is 3.10. The first-order chi connectivity index (χ1) is 15.5. The molecule has 1 N–H and O–H groups in total. The largest absolute Gasteiger partial charge is 0.372 e. The topological polar surface area (TPSA) is 38.8 Å². The molecule has 172 valence electrons. The van der Waals surface area contributed by atoms with Crippen molar-refractivity contribution in [3.63, 3.8) is 0 Å². The Morgan fingerprint density at radius 1 is 1.00 bits per heavy atom. The molecule has 5 nitrogen and oxygen atoms in total. The minimum Gasteiger partial charge on any atom is -0.372 e. The summed E-state index contributed by atoms with van der Waals surface area (Å²) in [6, 6.07) is 14.7. The zero-order valence-electron chi connectivity index (χ0n) is 19.3. The fourth-order valence-corrected chi connectivity index (χ4v) is 5.01. The molecule has 2 fully saturated rings. The van der Waals surface area contributed by atoms with Crippen LogP contribution in [-0.4, -0.2) is 62.0 Å². The van der Waals surface area contributed by atoms with Crippen LogP contribution in [0, 0.1) is 11.7 Å². The van der Waals surface area contributed by atoms with E-state index < -0.39 is 0 Å². The molecule has 2 aliphatic heterocycles. The number of hydrogen-bond acceptors (Lipinski definition) is 4. The molecule has 2 aliphatic rings. The van der Waals surface area contributed by atoms with Gasteiger partial charge < -0.3 is 15.1 Å². The number of nitrogens with one attached hydrogen (secondary N) is 1. The molecule has 0 aliphatic carbocycles. The Kier molecular flexibility index (Phi) is 7.43. The van der Waals surface area contributed by atoms with Gasteiger partial charge in [0.25, 0.3) is 0 Å². The van der Waals surface area contributed by atoms with Crippen molar-refractivity contribution < 1.29 is 9.18 Å². The molecular weight excluding hydrogens is 403 g/mol. The second kappa shape index (κ2) is 10.5. The number of piperidine rings is 1. The SMILES string of the molecule is CN(C)CC1CCN(c2ccc(NC(=O)C3CCCN3Cc3ccc(F)cc3)cc2)CC1. The summed E-state index contributed by atoms with van der Waals surface area (Å²) in [5.74, 6) is 0.594. The molecule has 2 aromatic rings. The van der Waals surface area contributed by atoms with E-state index >= 15 is 0 Å². The van der Waals surface area contributed by atoms with Gasteiger partial charge in [-0.3, -0.25) is 9.69 Å². The fraction of sp³-hybridized carbons (Fsp3) is 0.500.